The molecule has 2 amide bonds. The van der Waals surface area contributed by atoms with E-state index in [1.165, 1.54) is 4.90 Å². The molecule has 2 aromatic rings. The van der Waals surface area contributed by atoms with Crippen LogP contribution in [0.3, 0.4) is 0 Å². The second kappa shape index (κ2) is 7.12. The van der Waals surface area contributed by atoms with Crippen LogP contribution in [0, 0.1) is 17.5 Å². The van der Waals surface area contributed by atoms with Crippen LogP contribution < -0.4 is 5.32 Å². The van der Waals surface area contributed by atoms with Crippen LogP contribution in [0.1, 0.15) is 24.6 Å². The zero-order valence-corrected chi connectivity index (χ0v) is 13.7. The van der Waals surface area contributed by atoms with Gasteiger partial charge in [-0.1, -0.05) is 0 Å². The molecular weight excluding hydrogens is 378 g/mol. The minimum Gasteiger partial charge on any atom is -0.322 e. The number of piperidine rings is 1. The highest BCUT2D eigenvalue weighted by Crippen LogP contribution is 2.33. The lowest BCUT2D eigenvalue weighted by Gasteiger charge is -2.33. The van der Waals surface area contributed by atoms with Crippen LogP contribution in [0.4, 0.5) is 36.8 Å². The number of halogens is 6. The summed E-state index contributed by atoms with van der Waals surface area (Å²) in [5.74, 6) is -4.59. The van der Waals surface area contributed by atoms with E-state index in [1.807, 2.05) is 0 Å². The predicted molar refractivity (Wildman–Crippen MR) is 82.4 cm³/mol. The Morgan fingerprint density at radius 1 is 1.19 bits per heavy atom. The van der Waals surface area contributed by atoms with Crippen LogP contribution in [0.2, 0.25) is 0 Å². The van der Waals surface area contributed by atoms with Crippen LogP contribution in [0.15, 0.2) is 24.4 Å². The van der Waals surface area contributed by atoms with Gasteiger partial charge in [-0.25, -0.2) is 18.0 Å². The number of carbonyl (C=O) groups is 1. The van der Waals surface area contributed by atoms with Gasteiger partial charge in [0.15, 0.2) is 17.5 Å². The maximum atomic E-state index is 13.2. The van der Waals surface area contributed by atoms with Crippen LogP contribution >= 0.6 is 0 Å². The summed E-state index contributed by atoms with van der Waals surface area (Å²) < 4.78 is 79.4. The standard InChI is InChI=1S/C16H14F6N4O/c17-11-6-9(7-12(18)14(11)19)24-15(27)25-5-1-2-10(8-25)26-13(3-4-23-26)16(20,21)22/h3-4,6-7,10H,1-2,5,8H2,(H,24,27)/t10-/m0/s1. The van der Waals surface area contributed by atoms with Crippen molar-refractivity contribution in [3.8, 4) is 0 Å². The number of hydrogen-bond acceptors (Lipinski definition) is 2. The van der Waals surface area contributed by atoms with E-state index in [4.69, 9.17) is 0 Å². The molecule has 1 atom stereocenters. The highest BCUT2D eigenvalue weighted by atomic mass is 19.4. The molecule has 0 unspecified atom stereocenters. The van der Waals surface area contributed by atoms with Crippen molar-refractivity contribution in [1.82, 2.24) is 14.7 Å². The smallest absolute Gasteiger partial charge is 0.322 e. The number of carbonyl (C=O) groups excluding carboxylic acids is 1. The quantitative estimate of drug-likeness (QED) is 0.616. The molecule has 11 heteroatoms. The molecule has 1 aliphatic heterocycles. The first kappa shape index (κ1) is 19.1. The molecule has 5 nitrogen and oxygen atoms in total. The maximum absolute atomic E-state index is 13.2. The fraction of sp³-hybridized carbons (Fsp3) is 0.375. The third-order valence-electron chi connectivity index (χ3n) is 4.23. The molecule has 0 aliphatic carbocycles. The number of urea groups is 1. The summed E-state index contributed by atoms with van der Waals surface area (Å²) in [6.07, 6.45) is -2.74. The van der Waals surface area contributed by atoms with Crippen LogP contribution in [0.5, 0.6) is 0 Å². The molecule has 0 bridgehead atoms. The Bertz CT molecular complexity index is 827. The van der Waals surface area contributed by atoms with Crippen molar-refractivity contribution in [1.29, 1.82) is 0 Å². The predicted octanol–water partition coefficient (Wildman–Crippen LogP) is 4.19. The SMILES string of the molecule is O=C(Nc1cc(F)c(F)c(F)c1)N1CCC[C@H](n2nccc2C(F)(F)F)C1. The summed E-state index contributed by atoms with van der Waals surface area (Å²) in [6, 6.07) is 0.631. The Morgan fingerprint density at radius 2 is 1.85 bits per heavy atom. The number of amides is 2. The van der Waals surface area contributed by atoms with E-state index in [0.717, 1.165) is 16.9 Å². The van der Waals surface area contributed by atoms with Crippen molar-refractivity contribution in [3.05, 3.63) is 47.5 Å². The van der Waals surface area contributed by atoms with Crippen LogP contribution in [0.25, 0.3) is 0 Å². The molecule has 0 saturated carbocycles. The topological polar surface area (TPSA) is 50.2 Å². The molecular formula is C16H14F6N4O. The maximum Gasteiger partial charge on any atom is 0.433 e. The number of likely N-dealkylation sites (tertiary alicyclic amines) is 1. The number of rotatable bonds is 2. The molecule has 0 radical (unpaired) electrons. The number of nitrogens with zero attached hydrogens (tertiary/aromatic N) is 3. The summed E-state index contributed by atoms with van der Waals surface area (Å²) in [7, 11) is 0. The van der Waals surface area contributed by atoms with E-state index in [-0.39, 0.29) is 18.8 Å². The normalized spacial score (nSPS) is 17.9. The Balaban J connectivity index is 1.73. The Kier molecular flexibility index (Phi) is 5.03. The Hall–Kier alpha value is -2.72. The second-order valence-corrected chi connectivity index (χ2v) is 6.08. The van der Waals surface area contributed by atoms with Gasteiger partial charge in [0.25, 0.3) is 0 Å². The summed E-state index contributed by atoms with van der Waals surface area (Å²) in [5, 5.41) is 5.93. The van der Waals surface area contributed by atoms with Gasteiger partial charge in [0.2, 0.25) is 0 Å². The number of benzene rings is 1. The molecule has 1 aliphatic rings. The number of hydrogen-bond donors (Lipinski definition) is 1. The minimum atomic E-state index is -4.58. The third-order valence-corrected chi connectivity index (χ3v) is 4.23. The fourth-order valence-corrected chi connectivity index (χ4v) is 3.00. The van der Waals surface area contributed by atoms with Crippen molar-refractivity contribution >= 4 is 11.7 Å². The minimum absolute atomic E-state index is 0.0667. The van der Waals surface area contributed by atoms with Crippen molar-refractivity contribution in [2.24, 2.45) is 0 Å². The first-order chi connectivity index (χ1) is 12.7. The largest absolute Gasteiger partial charge is 0.433 e. The lowest BCUT2D eigenvalue weighted by atomic mass is 10.1. The van der Waals surface area contributed by atoms with Crippen LogP contribution in [-0.2, 0) is 6.18 Å². The summed E-state index contributed by atoms with van der Waals surface area (Å²) in [4.78, 5) is 13.5. The van der Waals surface area contributed by atoms with Gasteiger partial charge in [0.05, 0.1) is 6.04 Å². The lowest BCUT2D eigenvalue weighted by Crippen LogP contribution is -2.43. The van der Waals surface area contributed by atoms with Gasteiger partial charge in [0.1, 0.15) is 5.69 Å². The van der Waals surface area contributed by atoms with E-state index in [1.54, 1.807) is 0 Å². The fourth-order valence-electron chi connectivity index (χ4n) is 3.00. The van der Waals surface area contributed by atoms with Gasteiger partial charge in [-0.05, 0) is 18.9 Å². The summed E-state index contributed by atoms with van der Waals surface area (Å²) in [5.41, 5.74) is -1.22. The molecule has 0 spiro atoms. The molecule has 27 heavy (non-hydrogen) atoms. The van der Waals surface area contributed by atoms with Gasteiger partial charge < -0.3 is 10.2 Å². The molecule has 2 heterocycles. The van der Waals surface area contributed by atoms with E-state index >= 15 is 0 Å². The molecule has 146 valence electrons. The molecule has 1 aromatic heterocycles. The van der Waals surface area contributed by atoms with Crippen molar-refractivity contribution in [2.75, 3.05) is 18.4 Å². The average molecular weight is 392 g/mol. The average Bonchev–Trinajstić information content (AvgIpc) is 3.10. The summed E-state index contributed by atoms with van der Waals surface area (Å²) >= 11 is 0. The van der Waals surface area contributed by atoms with Crippen molar-refractivity contribution in [3.63, 3.8) is 0 Å². The Morgan fingerprint density at radius 3 is 2.48 bits per heavy atom. The molecule has 1 aromatic carbocycles. The van der Waals surface area contributed by atoms with Gasteiger partial charge in [-0.3, -0.25) is 4.68 Å². The third kappa shape index (κ3) is 4.01. The monoisotopic (exact) mass is 392 g/mol. The zero-order chi connectivity index (χ0) is 19.8. The van der Waals surface area contributed by atoms with Crippen molar-refractivity contribution < 1.29 is 31.1 Å². The molecule has 1 N–H and O–H groups in total. The molecule has 1 fully saturated rings. The van der Waals surface area contributed by atoms with E-state index in [2.05, 4.69) is 10.4 Å². The first-order valence-corrected chi connectivity index (χ1v) is 7.98. The first-order valence-electron chi connectivity index (χ1n) is 7.98. The van der Waals surface area contributed by atoms with Crippen molar-refractivity contribution in [2.45, 2.75) is 25.1 Å². The van der Waals surface area contributed by atoms with Gasteiger partial charge >= 0.3 is 12.2 Å². The number of alkyl halides is 3. The molecule has 1 saturated heterocycles. The Labute approximate surface area is 149 Å². The molecule has 3 rings (SSSR count). The van der Waals surface area contributed by atoms with Crippen LogP contribution in [-0.4, -0.2) is 33.8 Å². The van der Waals surface area contributed by atoms with Gasteiger partial charge in [0, 0.05) is 37.1 Å². The van der Waals surface area contributed by atoms with Gasteiger partial charge in [-0.15, -0.1) is 0 Å². The van der Waals surface area contributed by atoms with E-state index in [0.29, 0.717) is 25.0 Å². The highest BCUT2D eigenvalue weighted by Gasteiger charge is 2.37. The highest BCUT2D eigenvalue weighted by molar-refractivity contribution is 5.89. The number of anilines is 1. The zero-order valence-electron chi connectivity index (χ0n) is 13.7. The summed E-state index contributed by atoms with van der Waals surface area (Å²) in [6.45, 7) is 0.180. The second-order valence-electron chi connectivity index (χ2n) is 6.08. The van der Waals surface area contributed by atoms with E-state index in [9.17, 15) is 31.1 Å². The van der Waals surface area contributed by atoms with E-state index < -0.39 is 41.4 Å². The number of aromatic nitrogens is 2. The lowest BCUT2D eigenvalue weighted by molar-refractivity contribution is -0.145. The number of nitrogens with one attached hydrogen (secondary N) is 1. The van der Waals surface area contributed by atoms with Gasteiger partial charge in [-0.2, -0.15) is 18.3 Å².